The first-order valence-corrected chi connectivity index (χ1v) is 4.33. The van der Waals surface area contributed by atoms with Crippen LogP contribution in [0.25, 0.3) is 0 Å². The van der Waals surface area contributed by atoms with Crippen LogP contribution in [0.15, 0.2) is 12.3 Å². The Morgan fingerprint density at radius 3 is 3.17 bits per heavy atom. The molecular weight excluding hydrogens is 174 g/mol. The Morgan fingerprint density at radius 1 is 1.83 bits per heavy atom. The first-order valence-electron chi connectivity index (χ1n) is 3.70. The van der Waals surface area contributed by atoms with Crippen molar-refractivity contribution in [3.63, 3.8) is 0 Å². The van der Waals surface area contributed by atoms with Gasteiger partial charge in [-0.3, -0.25) is 4.79 Å². The summed E-state index contributed by atoms with van der Waals surface area (Å²) in [5.41, 5.74) is 0. The van der Waals surface area contributed by atoms with Crippen LogP contribution in [0.4, 0.5) is 5.82 Å². The van der Waals surface area contributed by atoms with Gasteiger partial charge in [-0.1, -0.05) is 0 Å². The molecule has 12 heavy (non-hydrogen) atoms. The minimum Gasteiger partial charge on any atom is -0.310 e. The number of anilines is 1. The molecule has 1 rings (SSSR count). The van der Waals surface area contributed by atoms with Gasteiger partial charge in [0.15, 0.2) is 0 Å². The van der Waals surface area contributed by atoms with E-state index in [0.29, 0.717) is 0 Å². The summed E-state index contributed by atoms with van der Waals surface area (Å²) in [7, 11) is 0. The lowest BCUT2D eigenvalue weighted by molar-refractivity contribution is -0.113. The number of carbonyl (C=O) groups is 1. The summed E-state index contributed by atoms with van der Waals surface area (Å²) in [5.74, 6) is 0.791. The predicted octanol–water partition coefficient (Wildman–Crippen LogP) is 0.771. The van der Waals surface area contributed by atoms with E-state index in [1.165, 1.54) is 0 Å². The Balaban J connectivity index is 2.68. The number of thiol groups is 1. The van der Waals surface area contributed by atoms with Crippen LogP contribution >= 0.6 is 12.6 Å². The van der Waals surface area contributed by atoms with Gasteiger partial charge in [-0.25, -0.2) is 4.68 Å². The standard InChI is InChI=1S/C7H11N3OS/c1-2-10-6(3-4-8-10)9-7(11)5-12/h3-4,12H,2,5H2,1H3,(H,9,11). The maximum atomic E-state index is 10.9. The number of nitrogens with one attached hydrogen (secondary N) is 1. The number of nitrogens with zero attached hydrogens (tertiary/aromatic N) is 2. The highest BCUT2D eigenvalue weighted by molar-refractivity contribution is 7.81. The van der Waals surface area contributed by atoms with Crippen molar-refractivity contribution in [1.82, 2.24) is 9.78 Å². The van der Waals surface area contributed by atoms with Crippen LogP contribution in [0.3, 0.4) is 0 Å². The largest absolute Gasteiger partial charge is 0.310 e. The Bertz CT molecular complexity index is 271. The highest BCUT2D eigenvalue weighted by atomic mass is 32.1. The minimum atomic E-state index is -0.117. The number of amides is 1. The molecule has 0 aliphatic carbocycles. The van der Waals surface area contributed by atoms with Gasteiger partial charge in [-0.15, -0.1) is 0 Å². The number of aromatic nitrogens is 2. The third kappa shape index (κ3) is 2.01. The fourth-order valence-corrected chi connectivity index (χ4v) is 0.952. The summed E-state index contributed by atoms with van der Waals surface area (Å²) in [5, 5.41) is 6.68. The number of carbonyl (C=O) groups excluding carboxylic acids is 1. The van der Waals surface area contributed by atoms with Crippen molar-refractivity contribution in [2.45, 2.75) is 13.5 Å². The quantitative estimate of drug-likeness (QED) is 0.683. The molecule has 0 aliphatic rings. The van der Waals surface area contributed by atoms with Crippen molar-refractivity contribution >= 4 is 24.4 Å². The molecule has 0 saturated carbocycles. The van der Waals surface area contributed by atoms with Gasteiger partial charge in [0.1, 0.15) is 5.82 Å². The molecule has 66 valence electrons. The molecule has 0 spiro atoms. The van der Waals surface area contributed by atoms with E-state index >= 15 is 0 Å². The van der Waals surface area contributed by atoms with Gasteiger partial charge < -0.3 is 5.32 Å². The Hall–Kier alpha value is -0.970. The zero-order valence-electron chi connectivity index (χ0n) is 6.82. The van der Waals surface area contributed by atoms with E-state index in [9.17, 15) is 4.79 Å². The smallest absolute Gasteiger partial charge is 0.235 e. The van der Waals surface area contributed by atoms with E-state index in [1.54, 1.807) is 16.9 Å². The zero-order chi connectivity index (χ0) is 8.97. The number of rotatable bonds is 3. The van der Waals surface area contributed by atoms with Crippen LogP contribution in [-0.4, -0.2) is 21.4 Å². The summed E-state index contributed by atoms with van der Waals surface area (Å²) in [6.45, 7) is 2.71. The van der Waals surface area contributed by atoms with Gasteiger partial charge in [0, 0.05) is 12.6 Å². The Kier molecular flexibility index (Phi) is 3.16. The van der Waals surface area contributed by atoms with Gasteiger partial charge in [0.05, 0.1) is 11.9 Å². The fourth-order valence-electron chi connectivity index (χ4n) is 0.873. The van der Waals surface area contributed by atoms with Crippen molar-refractivity contribution in [3.8, 4) is 0 Å². The van der Waals surface area contributed by atoms with Gasteiger partial charge in [-0.05, 0) is 6.92 Å². The van der Waals surface area contributed by atoms with E-state index in [4.69, 9.17) is 0 Å². The van der Waals surface area contributed by atoms with E-state index in [1.807, 2.05) is 6.92 Å². The SMILES string of the molecule is CCn1nccc1NC(=O)CS. The lowest BCUT2D eigenvalue weighted by Gasteiger charge is -2.04. The molecule has 1 aromatic rings. The molecule has 1 heterocycles. The van der Waals surface area contributed by atoms with Crippen LogP contribution in [0, 0.1) is 0 Å². The molecule has 0 atom stereocenters. The molecule has 1 aromatic heterocycles. The van der Waals surface area contributed by atoms with Gasteiger partial charge in [0.25, 0.3) is 0 Å². The van der Waals surface area contributed by atoms with Crippen molar-refractivity contribution in [3.05, 3.63) is 12.3 Å². The maximum Gasteiger partial charge on any atom is 0.235 e. The highest BCUT2D eigenvalue weighted by Crippen LogP contribution is 2.05. The Labute approximate surface area is 76.4 Å². The normalized spacial score (nSPS) is 9.83. The van der Waals surface area contributed by atoms with E-state index in [2.05, 4.69) is 23.0 Å². The molecule has 1 amide bonds. The van der Waals surface area contributed by atoms with Crippen LogP contribution in [0.1, 0.15) is 6.92 Å². The van der Waals surface area contributed by atoms with Gasteiger partial charge in [0.2, 0.25) is 5.91 Å². The second kappa shape index (κ2) is 4.15. The second-order valence-corrected chi connectivity index (χ2v) is 2.55. The summed E-state index contributed by atoms with van der Waals surface area (Å²) < 4.78 is 1.71. The molecule has 0 radical (unpaired) electrons. The molecule has 0 bridgehead atoms. The third-order valence-corrected chi connectivity index (χ3v) is 1.71. The number of hydrogen-bond donors (Lipinski definition) is 2. The van der Waals surface area contributed by atoms with Crippen LogP contribution < -0.4 is 5.32 Å². The van der Waals surface area contributed by atoms with E-state index in [0.717, 1.165) is 12.4 Å². The zero-order valence-corrected chi connectivity index (χ0v) is 7.71. The fraction of sp³-hybridized carbons (Fsp3) is 0.429. The van der Waals surface area contributed by atoms with Crippen molar-refractivity contribution < 1.29 is 4.79 Å². The first kappa shape index (κ1) is 9.12. The minimum absolute atomic E-state index is 0.117. The summed E-state index contributed by atoms with van der Waals surface area (Å²) in [6.07, 6.45) is 1.65. The summed E-state index contributed by atoms with van der Waals surface area (Å²) >= 11 is 3.85. The Morgan fingerprint density at radius 2 is 2.58 bits per heavy atom. The molecule has 4 nitrogen and oxygen atoms in total. The van der Waals surface area contributed by atoms with Crippen LogP contribution in [0.2, 0.25) is 0 Å². The van der Waals surface area contributed by atoms with E-state index in [-0.39, 0.29) is 11.7 Å². The highest BCUT2D eigenvalue weighted by Gasteiger charge is 2.02. The van der Waals surface area contributed by atoms with Crippen LogP contribution in [0.5, 0.6) is 0 Å². The molecular formula is C7H11N3OS. The van der Waals surface area contributed by atoms with Gasteiger partial charge in [-0.2, -0.15) is 17.7 Å². The lowest BCUT2D eigenvalue weighted by Crippen LogP contribution is -2.16. The third-order valence-electron chi connectivity index (χ3n) is 1.43. The van der Waals surface area contributed by atoms with Crippen molar-refractivity contribution in [1.29, 1.82) is 0 Å². The maximum absolute atomic E-state index is 10.9. The van der Waals surface area contributed by atoms with E-state index < -0.39 is 0 Å². The van der Waals surface area contributed by atoms with Crippen molar-refractivity contribution in [2.24, 2.45) is 0 Å². The van der Waals surface area contributed by atoms with Crippen molar-refractivity contribution in [2.75, 3.05) is 11.1 Å². The monoisotopic (exact) mass is 185 g/mol. The summed E-state index contributed by atoms with van der Waals surface area (Å²) in [6, 6.07) is 1.75. The predicted molar refractivity (Wildman–Crippen MR) is 50.4 cm³/mol. The first-order chi connectivity index (χ1) is 5.77. The number of hydrogen-bond acceptors (Lipinski definition) is 3. The molecule has 0 unspecified atom stereocenters. The molecule has 0 aliphatic heterocycles. The second-order valence-electron chi connectivity index (χ2n) is 2.24. The molecule has 0 fully saturated rings. The molecule has 5 heteroatoms. The van der Waals surface area contributed by atoms with Gasteiger partial charge >= 0.3 is 0 Å². The average Bonchev–Trinajstić information content (AvgIpc) is 2.51. The average molecular weight is 185 g/mol. The molecule has 0 aromatic carbocycles. The van der Waals surface area contributed by atoms with Crippen LogP contribution in [-0.2, 0) is 11.3 Å². The summed E-state index contributed by atoms with van der Waals surface area (Å²) in [4.78, 5) is 10.9. The number of aryl methyl sites for hydroxylation is 1. The topological polar surface area (TPSA) is 46.9 Å². The molecule has 1 N–H and O–H groups in total. The molecule has 0 saturated heterocycles. The lowest BCUT2D eigenvalue weighted by atomic mass is 10.5.